The predicted molar refractivity (Wildman–Crippen MR) is 74.7 cm³/mol. The lowest BCUT2D eigenvalue weighted by Crippen LogP contribution is -2.15. The van der Waals surface area contributed by atoms with Crippen LogP contribution in [0.4, 0.5) is 0 Å². The van der Waals surface area contributed by atoms with Gasteiger partial charge in [-0.1, -0.05) is 38.8 Å². The third kappa shape index (κ3) is 13.6. The zero-order chi connectivity index (χ0) is 11.2. The Morgan fingerprint density at radius 3 is 1.50 bits per heavy atom. The van der Waals surface area contributed by atoms with Crippen LogP contribution in [0.25, 0.3) is 0 Å². The predicted octanol–water partition coefficient (Wildman–Crippen LogP) is 5.65. The Bertz CT molecular complexity index is 132. The van der Waals surface area contributed by atoms with Crippen molar-refractivity contribution < 1.29 is 0 Å². The normalized spacial score (nSPS) is 13.3. The molecule has 0 saturated carbocycles. The van der Waals surface area contributed by atoms with Crippen molar-refractivity contribution in [1.29, 1.82) is 0 Å². The zero-order valence-electron chi connectivity index (χ0n) is 8.75. The fraction of sp³-hybridized carbons (Fsp3) is 1.00. The van der Waals surface area contributed by atoms with E-state index in [1.165, 1.54) is 25.3 Å². The van der Waals surface area contributed by atoms with Gasteiger partial charge in [-0.15, -0.1) is 33.2 Å². The first-order valence-electron chi connectivity index (χ1n) is 4.96. The summed E-state index contributed by atoms with van der Waals surface area (Å²) in [6, 6.07) is -0.370. The molecule has 0 nitrogen and oxygen atoms in total. The summed E-state index contributed by atoms with van der Waals surface area (Å²) in [5, 5.41) is 0. The molecule has 6 heteroatoms. The van der Waals surface area contributed by atoms with Crippen LogP contribution in [-0.2, 0) is 0 Å². The smallest absolute Gasteiger partial charge is 0.168 e. The molecular formula is C8H18Cl4Si2. The fourth-order valence-electron chi connectivity index (χ4n) is 1.22. The molecule has 0 aliphatic carbocycles. The molecule has 0 bridgehead atoms. The van der Waals surface area contributed by atoms with Crippen molar-refractivity contribution >= 4 is 57.7 Å². The minimum Gasteiger partial charge on any atom is -0.168 e. The van der Waals surface area contributed by atoms with Crippen LogP contribution in [0, 0.1) is 0 Å². The van der Waals surface area contributed by atoms with Crippen molar-refractivity contribution in [1.82, 2.24) is 0 Å². The summed E-state index contributed by atoms with van der Waals surface area (Å²) in [5.41, 5.74) is 0. The fourth-order valence-corrected chi connectivity index (χ4v) is 4.57. The van der Waals surface area contributed by atoms with E-state index in [4.69, 9.17) is 44.3 Å². The molecule has 0 aliphatic heterocycles. The lowest BCUT2D eigenvalue weighted by atomic mass is 10.2. The highest BCUT2D eigenvalue weighted by molar-refractivity contribution is 7.64. The van der Waals surface area contributed by atoms with Gasteiger partial charge in [-0.25, -0.2) is 0 Å². The van der Waals surface area contributed by atoms with Crippen molar-refractivity contribution in [3.63, 3.8) is 0 Å². The first-order chi connectivity index (χ1) is 6.21. The summed E-state index contributed by atoms with van der Waals surface area (Å²) in [7, 11) is -1.35. The Kier molecular flexibility index (Phi) is 7.82. The van der Waals surface area contributed by atoms with Gasteiger partial charge in [0.1, 0.15) is 7.38 Å². The molecular weight excluding hydrogens is 294 g/mol. The van der Waals surface area contributed by atoms with Gasteiger partial charge in [0.05, 0.1) is 0 Å². The highest BCUT2D eigenvalue weighted by atomic mass is 35.8. The molecule has 0 fully saturated rings. The van der Waals surface area contributed by atoms with Crippen molar-refractivity contribution in [3.05, 3.63) is 0 Å². The third-order valence-corrected chi connectivity index (χ3v) is 6.71. The van der Waals surface area contributed by atoms with Crippen molar-refractivity contribution in [2.24, 2.45) is 0 Å². The van der Waals surface area contributed by atoms with Gasteiger partial charge in [0.15, 0.2) is 0 Å². The lowest BCUT2D eigenvalue weighted by Gasteiger charge is -2.12. The Balaban J connectivity index is 3.23. The average Bonchev–Trinajstić information content (AvgIpc) is 1.92. The van der Waals surface area contributed by atoms with Crippen LogP contribution in [0.3, 0.4) is 0 Å². The van der Waals surface area contributed by atoms with E-state index in [2.05, 4.69) is 13.1 Å². The van der Waals surface area contributed by atoms with E-state index < -0.39 is 13.4 Å². The van der Waals surface area contributed by atoms with Gasteiger partial charge >= 0.3 is 6.00 Å². The average molecular weight is 312 g/mol. The SMILES string of the molecule is C[Si](C)(Cl)CCCCCC[Si](Cl)(Cl)Cl. The van der Waals surface area contributed by atoms with Crippen LogP contribution < -0.4 is 0 Å². The molecule has 0 heterocycles. The maximum absolute atomic E-state index is 6.20. The van der Waals surface area contributed by atoms with E-state index in [0.717, 1.165) is 12.5 Å². The second-order valence-electron chi connectivity index (χ2n) is 4.25. The molecule has 0 aromatic heterocycles. The van der Waals surface area contributed by atoms with Crippen molar-refractivity contribution in [2.75, 3.05) is 0 Å². The van der Waals surface area contributed by atoms with E-state index in [9.17, 15) is 0 Å². The highest BCUT2D eigenvalue weighted by Gasteiger charge is 2.23. The molecule has 0 saturated heterocycles. The molecule has 0 spiro atoms. The standard InChI is InChI=1S/C8H18Cl4Si2/c1-13(2,9)7-5-3-4-6-8-14(10,11)12/h3-8H2,1-2H3. The molecule has 0 radical (unpaired) electrons. The molecule has 0 aromatic carbocycles. The summed E-state index contributed by atoms with van der Waals surface area (Å²) in [6.45, 7) is 4.37. The molecule has 0 unspecified atom stereocenters. The topological polar surface area (TPSA) is 0 Å². The van der Waals surface area contributed by atoms with Crippen LogP contribution >= 0.6 is 44.3 Å². The minimum absolute atomic E-state index is 0.791. The van der Waals surface area contributed by atoms with Crippen LogP contribution in [0.2, 0.25) is 25.2 Å². The molecule has 0 rings (SSSR count). The maximum atomic E-state index is 6.20. The summed E-state index contributed by atoms with van der Waals surface area (Å²) >= 11 is 23.5. The van der Waals surface area contributed by atoms with Gasteiger partial charge in [-0.3, -0.25) is 0 Å². The zero-order valence-corrected chi connectivity index (χ0v) is 13.8. The number of unbranched alkanes of at least 4 members (excludes halogenated alkanes) is 3. The molecule has 86 valence electrons. The van der Waals surface area contributed by atoms with Gasteiger partial charge in [-0.05, 0) is 12.1 Å². The first kappa shape index (κ1) is 15.6. The second-order valence-corrected chi connectivity index (χ2v) is 20.5. The van der Waals surface area contributed by atoms with Gasteiger partial charge in [0, 0.05) is 0 Å². The summed E-state index contributed by atoms with van der Waals surface area (Å²) < 4.78 is 0. The number of hydrogen-bond donors (Lipinski definition) is 0. The Labute approximate surface area is 108 Å². The van der Waals surface area contributed by atoms with E-state index in [-0.39, 0.29) is 0 Å². The van der Waals surface area contributed by atoms with E-state index in [1.54, 1.807) is 0 Å². The molecule has 0 amide bonds. The van der Waals surface area contributed by atoms with Crippen LogP contribution in [-0.4, -0.2) is 13.4 Å². The lowest BCUT2D eigenvalue weighted by molar-refractivity contribution is 0.696. The Morgan fingerprint density at radius 2 is 1.14 bits per heavy atom. The molecule has 0 aliphatic rings. The van der Waals surface area contributed by atoms with Crippen LogP contribution in [0.5, 0.6) is 0 Å². The van der Waals surface area contributed by atoms with Crippen LogP contribution in [0.15, 0.2) is 0 Å². The molecule has 0 atom stereocenters. The molecule has 14 heavy (non-hydrogen) atoms. The number of rotatable bonds is 7. The molecule has 0 aromatic rings. The second kappa shape index (κ2) is 7.02. The summed E-state index contributed by atoms with van der Waals surface area (Å²) in [5.74, 6) is 0. The Morgan fingerprint density at radius 1 is 0.714 bits per heavy atom. The van der Waals surface area contributed by atoms with Crippen molar-refractivity contribution in [2.45, 2.75) is 50.9 Å². The minimum atomic E-state index is -2.35. The monoisotopic (exact) mass is 310 g/mol. The van der Waals surface area contributed by atoms with E-state index in [0.29, 0.717) is 0 Å². The van der Waals surface area contributed by atoms with Gasteiger partial charge in [0.2, 0.25) is 0 Å². The van der Waals surface area contributed by atoms with Crippen LogP contribution in [0.1, 0.15) is 25.7 Å². The highest BCUT2D eigenvalue weighted by Crippen LogP contribution is 2.28. The number of hydrogen-bond acceptors (Lipinski definition) is 0. The molecule has 0 N–H and O–H groups in total. The summed E-state index contributed by atoms with van der Waals surface area (Å²) in [4.78, 5) is 0. The quantitative estimate of drug-likeness (QED) is 0.324. The summed E-state index contributed by atoms with van der Waals surface area (Å²) in [6.07, 6.45) is 4.66. The van der Waals surface area contributed by atoms with Crippen molar-refractivity contribution in [3.8, 4) is 0 Å². The van der Waals surface area contributed by atoms with Gasteiger partial charge in [0.25, 0.3) is 0 Å². The third-order valence-electron chi connectivity index (χ3n) is 1.98. The number of halogens is 4. The van der Waals surface area contributed by atoms with Gasteiger partial charge < -0.3 is 0 Å². The van der Waals surface area contributed by atoms with Gasteiger partial charge in [-0.2, -0.15) is 11.1 Å². The first-order valence-corrected chi connectivity index (χ1v) is 14.4. The van der Waals surface area contributed by atoms with E-state index in [1.807, 2.05) is 0 Å². The Hall–Kier alpha value is 1.59. The largest absolute Gasteiger partial charge is 0.341 e. The van der Waals surface area contributed by atoms with E-state index >= 15 is 0 Å². The maximum Gasteiger partial charge on any atom is 0.341 e.